The summed E-state index contributed by atoms with van der Waals surface area (Å²) >= 11 is 0. The Balaban J connectivity index is 1.88. The number of sulfonamides is 1. The first-order chi connectivity index (χ1) is 17.2. The fourth-order valence-electron chi connectivity index (χ4n) is 4.41. The van der Waals surface area contributed by atoms with Gasteiger partial charge in [-0.15, -0.1) is 0 Å². The molecule has 0 bridgehead atoms. The van der Waals surface area contributed by atoms with E-state index in [1.165, 1.54) is 10.6 Å². The van der Waals surface area contributed by atoms with E-state index in [-0.39, 0.29) is 29.3 Å². The SMILES string of the molecule is CC(C)CN(CC(C)(C)CN(CCn1cncn1)S(=O)(=O)c1ccc2occc2c1)C(=O)CC(C)(C)C. The minimum atomic E-state index is -3.84. The van der Waals surface area contributed by atoms with E-state index in [0.717, 1.165) is 5.39 Å². The molecule has 37 heavy (non-hydrogen) atoms. The van der Waals surface area contributed by atoms with Gasteiger partial charge in [0.2, 0.25) is 15.9 Å². The van der Waals surface area contributed by atoms with Crippen LogP contribution in [0.25, 0.3) is 11.0 Å². The Bertz CT molecular complexity index is 1270. The minimum absolute atomic E-state index is 0.0942. The van der Waals surface area contributed by atoms with Gasteiger partial charge in [0, 0.05) is 38.0 Å². The van der Waals surface area contributed by atoms with Crippen LogP contribution < -0.4 is 0 Å². The van der Waals surface area contributed by atoms with E-state index in [1.807, 2.05) is 18.7 Å². The molecule has 2 aromatic heterocycles. The summed E-state index contributed by atoms with van der Waals surface area (Å²) in [5, 5.41) is 4.86. The van der Waals surface area contributed by atoms with Crippen molar-refractivity contribution in [1.29, 1.82) is 0 Å². The van der Waals surface area contributed by atoms with Gasteiger partial charge in [0.05, 0.1) is 17.7 Å². The molecule has 0 spiro atoms. The third-order valence-electron chi connectivity index (χ3n) is 5.95. The van der Waals surface area contributed by atoms with Crippen LogP contribution in [0.4, 0.5) is 0 Å². The molecule has 1 aromatic carbocycles. The molecule has 0 saturated heterocycles. The van der Waals surface area contributed by atoms with Gasteiger partial charge in [-0.2, -0.15) is 9.40 Å². The van der Waals surface area contributed by atoms with Gasteiger partial charge >= 0.3 is 0 Å². The number of amides is 1. The van der Waals surface area contributed by atoms with Crippen LogP contribution in [-0.2, 0) is 21.4 Å². The molecular formula is C27H41N5O4S. The van der Waals surface area contributed by atoms with Crippen molar-refractivity contribution in [2.24, 2.45) is 16.7 Å². The molecule has 0 N–H and O–H groups in total. The van der Waals surface area contributed by atoms with Gasteiger partial charge in [-0.1, -0.05) is 48.5 Å². The summed E-state index contributed by atoms with van der Waals surface area (Å²) < 4.78 is 36.3. The molecule has 0 saturated carbocycles. The number of hydrogen-bond acceptors (Lipinski definition) is 6. The Morgan fingerprint density at radius 2 is 1.84 bits per heavy atom. The monoisotopic (exact) mass is 531 g/mol. The standard InChI is InChI=1S/C27H41N5O4S/c1-21(2)16-30(25(33)15-26(3,4)5)17-27(6,7)18-32(12-11-31-20-28-19-29-31)37(34,35)23-8-9-24-22(14-23)10-13-36-24/h8-10,13-14,19-21H,11-12,15-18H2,1-7H3. The lowest BCUT2D eigenvalue weighted by atomic mass is 9.89. The fraction of sp³-hybridized carbons (Fsp3) is 0.593. The van der Waals surface area contributed by atoms with Crippen molar-refractivity contribution in [3.8, 4) is 0 Å². The quantitative estimate of drug-likeness (QED) is 0.337. The molecule has 0 aliphatic carbocycles. The van der Waals surface area contributed by atoms with Gasteiger partial charge in [0.15, 0.2) is 0 Å². The molecular weight excluding hydrogens is 490 g/mol. The van der Waals surface area contributed by atoms with Gasteiger partial charge in [-0.3, -0.25) is 9.48 Å². The second-order valence-corrected chi connectivity index (χ2v) is 14.1. The Labute approximate surface area is 220 Å². The molecule has 3 aromatic rings. The number of furan rings is 1. The van der Waals surface area contributed by atoms with Crippen molar-refractivity contribution in [3.63, 3.8) is 0 Å². The molecule has 9 nitrogen and oxygen atoms in total. The molecule has 0 atom stereocenters. The maximum atomic E-state index is 13.9. The number of rotatable bonds is 12. The van der Waals surface area contributed by atoms with Gasteiger partial charge < -0.3 is 9.32 Å². The third kappa shape index (κ3) is 8.13. The zero-order chi connectivity index (χ0) is 27.4. The van der Waals surface area contributed by atoms with Crippen LogP contribution in [0, 0.1) is 16.7 Å². The average Bonchev–Trinajstić information content (AvgIpc) is 3.45. The highest BCUT2D eigenvalue weighted by Crippen LogP contribution is 2.28. The predicted octanol–water partition coefficient (Wildman–Crippen LogP) is 4.66. The first-order valence-corrected chi connectivity index (χ1v) is 14.2. The summed E-state index contributed by atoms with van der Waals surface area (Å²) in [4.78, 5) is 19.3. The number of hydrogen-bond donors (Lipinski definition) is 0. The molecule has 3 rings (SSSR count). The smallest absolute Gasteiger partial charge is 0.243 e. The van der Waals surface area contributed by atoms with Crippen LogP contribution >= 0.6 is 0 Å². The predicted molar refractivity (Wildman–Crippen MR) is 144 cm³/mol. The Morgan fingerprint density at radius 1 is 1.11 bits per heavy atom. The highest BCUT2D eigenvalue weighted by Gasteiger charge is 2.34. The number of carbonyl (C=O) groups is 1. The largest absolute Gasteiger partial charge is 0.464 e. The number of fused-ring (bicyclic) bond motifs is 1. The number of aromatic nitrogens is 3. The van der Waals surface area contributed by atoms with E-state index < -0.39 is 15.4 Å². The molecule has 0 fully saturated rings. The summed E-state index contributed by atoms with van der Waals surface area (Å²) in [6.45, 7) is 16.3. The molecule has 2 heterocycles. The summed E-state index contributed by atoms with van der Waals surface area (Å²) in [5.74, 6) is 0.394. The van der Waals surface area contributed by atoms with Crippen LogP contribution in [0.5, 0.6) is 0 Å². The van der Waals surface area contributed by atoms with E-state index in [2.05, 4.69) is 44.7 Å². The van der Waals surface area contributed by atoms with Crippen molar-refractivity contribution in [2.75, 3.05) is 26.2 Å². The van der Waals surface area contributed by atoms with E-state index in [1.54, 1.807) is 41.5 Å². The van der Waals surface area contributed by atoms with Gasteiger partial charge in [0.25, 0.3) is 0 Å². The molecule has 1 amide bonds. The minimum Gasteiger partial charge on any atom is -0.464 e. The summed E-state index contributed by atoms with van der Waals surface area (Å²) in [5.41, 5.74) is 0.00241. The normalized spacial score (nSPS) is 13.1. The van der Waals surface area contributed by atoms with E-state index in [0.29, 0.717) is 37.6 Å². The zero-order valence-corrected chi connectivity index (χ0v) is 24.0. The second kappa shape index (κ2) is 11.3. The number of benzene rings is 1. The highest BCUT2D eigenvalue weighted by atomic mass is 32.2. The Hall–Kier alpha value is -2.72. The highest BCUT2D eigenvalue weighted by molar-refractivity contribution is 7.89. The molecule has 0 aliphatic rings. The van der Waals surface area contributed by atoms with Crippen LogP contribution in [-0.4, -0.2) is 64.5 Å². The maximum absolute atomic E-state index is 13.9. The van der Waals surface area contributed by atoms with E-state index >= 15 is 0 Å². The maximum Gasteiger partial charge on any atom is 0.243 e. The second-order valence-electron chi connectivity index (χ2n) is 12.2. The van der Waals surface area contributed by atoms with Crippen LogP contribution in [0.2, 0.25) is 0 Å². The van der Waals surface area contributed by atoms with Crippen molar-refractivity contribution < 1.29 is 17.6 Å². The Kier molecular flexibility index (Phi) is 8.85. The molecule has 0 aliphatic heterocycles. The zero-order valence-electron chi connectivity index (χ0n) is 23.1. The van der Waals surface area contributed by atoms with Gasteiger partial charge in [-0.25, -0.2) is 13.4 Å². The molecule has 204 valence electrons. The molecule has 10 heteroatoms. The lowest BCUT2D eigenvalue weighted by Gasteiger charge is -2.38. The molecule has 0 unspecified atom stereocenters. The van der Waals surface area contributed by atoms with Crippen molar-refractivity contribution >= 4 is 26.9 Å². The van der Waals surface area contributed by atoms with Crippen molar-refractivity contribution in [2.45, 2.75) is 66.3 Å². The number of nitrogens with zero attached hydrogens (tertiary/aromatic N) is 5. The summed E-state index contributed by atoms with van der Waals surface area (Å²) in [7, 11) is -3.84. The van der Waals surface area contributed by atoms with Crippen molar-refractivity contribution in [1.82, 2.24) is 24.0 Å². The molecule has 0 radical (unpaired) electrons. The van der Waals surface area contributed by atoms with Crippen LogP contribution in [0.3, 0.4) is 0 Å². The summed E-state index contributed by atoms with van der Waals surface area (Å²) in [6.07, 6.45) is 4.99. The summed E-state index contributed by atoms with van der Waals surface area (Å²) in [6, 6.07) is 6.65. The number of carbonyl (C=O) groups excluding carboxylic acids is 1. The van der Waals surface area contributed by atoms with Gasteiger partial charge in [-0.05, 0) is 41.0 Å². The van der Waals surface area contributed by atoms with Gasteiger partial charge in [0.1, 0.15) is 18.2 Å². The Morgan fingerprint density at radius 3 is 2.46 bits per heavy atom. The van der Waals surface area contributed by atoms with E-state index in [9.17, 15) is 13.2 Å². The van der Waals surface area contributed by atoms with Crippen LogP contribution in [0.15, 0.2) is 52.5 Å². The van der Waals surface area contributed by atoms with Crippen molar-refractivity contribution in [3.05, 3.63) is 43.2 Å². The van der Waals surface area contributed by atoms with E-state index in [4.69, 9.17) is 4.42 Å². The third-order valence-corrected chi connectivity index (χ3v) is 7.79. The first-order valence-electron chi connectivity index (χ1n) is 12.7. The topological polar surface area (TPSA) is 102 Å². The lowest BCUT2D eigenvalue weighted by molar-refractivity contribution is -0.135. The lowest BCUT2D eigenvalue weighted by Crippen LogP contribution is -2.48. The fourth-order valence-corrected chi connectivity index (χ4v) is 6.06. The average molecular weight is 532 g/mol. The first kappa shape index (κ1) is 28.8. The van der Waals surface area contributed by atoms with Crippen LogP contribution in [0.1, 0.15) is 54.9 Å².